The van der Waals surface area contributed by atoms with Crippen molar-refractivity contribution in [2.24, 2.45) is 0 Å². The van der Waals surface area contributed by atoms with Crippen molar-refractivity contribution in [3.05, 3.63) is 39.8 Å². The second-order valence-electron chi connectivity index (χ2n) is 4.94. The minimum absolute atomic E-state index is 0.130. The number of nitrogens with zero attached hydrogens (tertiary/aromatic N) is 1. The van der Waals surface area contributed by atoms with Gasteiger partial charge in [0.25, 0.3) is 0 Å². The molecule has 1 aliphatic heterocycles. The van der Waals surface area contributed by atoms with Crippen molar-refractivity contribution in [3.8, 4) is 11.5 Å². The summed E-state index contributed by atoms with van der Waals surface area (Å²) in [4.78, 5) is 26.7. The number of hydrogen-bond donors (Lipinski definition) is 2. The number of carbonyl (C=O) groups excluding carboxylic acids is 1. The summed E-state index contributed by atoms with van der Waals surface area (Å²) in [7, 11) is 0. The summed E-state index contributed by atoms with van der Waals surface area (Å²) >= 11 is 1.29. The Labute approximate surface area is 135 Å². The molecule has 0 aliphatic carbocycles. The molecule has 0 unspecified atom stereocenters. The number of rotatable bonds is 6. The highest BCUT2D eigenvalue weighted by Gasteiger charge is 2.14. The Hall–Kier alpha value is -2.61. The fourth-order valence-corrected chi connectivity index (χ4v) is 2.91. The Kier molecular flexibility index (Phi) is 4.42. The topological polar surface area (TPSA) is 97.8 Å². The van der Waals surface area contributed by atoms with Crippen LogP contribution < -0.4 is 14.8 Å². The highest BCUT2D eigenvalue weighted by atomic mass is 32.1. The lowest BCUT2D eigenvalue weighted by Gasteiger charge is -2.05. The maximum absolute atomic E-state index is 11.9. The summed E-state index contributed by atoms with van der Waals surface area (Å²) in [5, 5.41) is 13.8. The van der Waals surface area contributed by atoms with Crippen LogP contribution in [0.1, 0.15) is 16.3 Å². The van der Waals surface area contributed by atoms with E-state index < -0.39 is 5.97 Å². The molecule has 0 saturated carbocycles. The third-order valence-corrected chi connectivity index (χ3v) is 4.07. The van der Waals surface area contributed by atoms with Gasteiger partial charge in [-0.25, -0.2) is 4.98 Å². The van der Waals surface area contributed by atoms with Gasteiger partial charge in [-0.1, -0.05) is 6.07 Å². The molecule has 0 bridgehead atoms. The second kappa shape index (κ2) is 6.66. The summed E-state index contributed by atoms with van der Waals surface area (Å²) < 4.78 is 10.5. The van der Waals surface area contributed by atoms with Crippen molar-refractivity contribution in [1.82, 2.24) is 10.3 Å². The van der Waals surface area contributed by atoms with E-state index in [1.54, 1.807) is 5.38 Å². The van der Waals surface area contributed by atoms with Crippen molar-refractivity contribution >= 4 is 23.2 Å². The van der Waals surface area contributed by atoms with Crippen molar-refractivity contribution in [3.63, 3.8) is 0 Å². The van der Waals surface area contributed by atoms with Crippen LogP contribution in [-0.4, -0.2) is 28.8 Å². The Morgan fingerprint density at radius 3 is 2.91 bits per heavy atom. The molecule has 0 radical (unpaired) electrons. The standard InChI is InChI=1S/C15H14N2O5S/c18-13(5-14-17-10(7-23-14)4-15(19)20)16-6-9-1-2-11-12(3-9)22-8-21-11/h1-3,7H,4-6,8H2,(H,16,18)(H,19,20). The van der Waals surface area contributed by atoms with Crippen LogP contribution in [0.15, 0.2) is 23.6 Å². The molecule has 2 aromatic rings. The lowest BCUT2D eigenvalue weighted by molar-refractivity contribution is -0.136. The van der Waals surface area contributed by atoms with E-state index >= 15 is 0 Å². The number of thiazole rings is 1. The number of ether oxygens (including phenoxy) is 2. The van der Waals surface area contributed by atoms with Crippen LogP contribution in [0.5, 0.6) is 11.5 Å². The number of benzene rings is 1. The molecular formula is C15H14N2O5S. The van der Waals surface area contributed by atoms with Gasteiger partial charge in [-0.05, 0) is 17.7 Å². The summed E-state index contributed by atoms with van der Waals surface area (Å²) in [6.07, 6.45) is 0.00412. The van der Waals surface area contributed by atoms with Crippen molar-refractivity contribution in [2.45, 2.75) is 19.4 Å². The Bertz CT molecular complexity index is 743. The number of aromatic nitrogens is 1. The normalized spacial score (nSPS) is 12.2. The predicted molar refractivity (Wildman–Crippen MR) is 81.6 cm³/mol. The lowest BCUT2D eigenvalue weighted by atomic mass is 10.2. The molecule has 1 aliphatic rings. The molecule has 2 heterocycles. The average Bonchev–Trinajstić information content (AvgIpc) is 3.13. The SMILES string of the molecule is O=C(O)Cc1csc(CC(=O)NCc2ccc3c(c2)OCO3)n1. The maximum atomic E-state index is 11.9. The maximum Gasteiger partial charge on any atom is 0.309 e. The zero-order chi connectivity index (χ0) is 16.2. The Morgan fingerprint density at radius 1 is 1.26 bits per heavy atom. The fraction of sp³-hybridized carbons (Fsp3) is 0.267. The summed E-state index contributed by atoms with van der Waals surface area (Å²) in [6, 6.07) is 5.50. The summed E-state index contributed by atoms with van der Waals surface area (Å²) in [5.74, 6) is 0.275. The molecule has 2 N–H and O–H groups in total. The first kappa shape index (κ1) is 15.3. The molecule has 0 spiro atoms. The Morgan fingerprint density at radius 2 is 2.09 bits per heavy atom. The lowest BCUT2D eigenvalue weighted by Crippen LogP contribution is -2.24. The van der Waals surface area contributed by atoms with Gasteiger partial charge in [0.05, 0.1) is 18.5 Å². The molecular weight excluding hydrogens is 320 g/mol. The van der Waals surface area contributed by atoms with E-state index in [9.17, 15) is 9.59 Å². The predicted octanol–water partition coefficient (Wildman–Crippen LogP) is 1.36. The number of nitrogens with one attached hydrogen (secondary N) is 1. The van der Waals surface area contributed by atoms with Crippen molar-refractivity contribution < 1.29 is 24.2 Å². The van der Waals surface area contributed by atoms with Gasteiger partial charge in [0, 0.05) is 11.9 Å². The Balaban J connectivity index is 1.51. The van der Waals surface area contributed by atoms with E-state index in [1.165, 1.54) is 11.3 Å². The largest absolute Gasteiger partial charge is 0.481 e. The number of carboxylic acid groups (broad SMARTS) is 1. The van der Waals surface area contributed by atoms with Crippen molar-refractivity contribution in [2.75, 3.05) is 6.79 Å². The van der Waals surface area contributed by atoms with Crippen LogP contribution in [0.3, 0.4) is 0 Å². The number of fused-ring (bicyclic) bond motifs is 1. The van der Waals surface area contributed by atoms with Gasteiger partial charge in [-0.2, -0.15) is 0 Å². The van der Waals surface area contributed by atoms with Gasteiger partial charge in [-0.15, -0.1) is 11.3 Å². The van der Waals surface area contributed by atoms with E-state index in [-0.39, 0.29) is 25.5 Å². The van der Waals surface area contributed by atoms with E-state index in [4.69, 9.17) is 14.6 Å². The molecule has 23 heavy (non-hydrogen) atoms. The minimum Gasteiger partial charge on any atom is -0.481 e. The monoisotopic (exact) mass is 334 g/mol. The third-order valence-electron chi connectivity index (χ3n) is 3.17. The van der Waals surface area contributed by atoms with Crippen LogP contribution >= 0.6 is 11.3 Å². The third kappa shape index (κ3) is 3.98. The molecule has 0 saturated heterocycles. The molecule has 0 atom stereocenters. The molecule has 7 nitrogen and oxygen atoms in total. The summed E-state index contributed by atoms with van der Waals surface area (Å²) in [6.45, 7) is 0.594. The van der Waals surface area contributed by atoms with E-state index in [1.807, 2.05) is 18.2 Å². The zero-order valence-electron chi connectivity index (χ0n) is 12.1. The van der Waals surface area contributed by atoms with Gasteiger partial charge in [0.1, 0.15) is 5.01 Å². The van der Waals surface area contributed by atoms with Gasteiger partial charge >= 0.3 is 5.97 Å². The van der Waals surface area contributed by atoms with Crippen LogP contribution in [0, 0.1) is 0 Å². The molecule has 120 valence electrons. The number of amides is 1. The van der Waals surface area contributed by atoms with Crippen LogP contribution in [0.4, 0.5) is 0 Å². The first-order chi connectivity index (χ1) is 11.1. The number of aliphatic carboxylic acids is 1. The van der Waals surface area contributed by atoms with Crippen molar-refractivity contribution in [1.29, 1.82) is 0 Å². The van der Waals surface area contributed by atoms with Gasteiger partial charge < -0.3 is 19.9 Å². The first-order valence-corrected chi connectivity index (χ1v) is 7.78. The number of carbonyl (C=O) groups is 2. The zero-order valence-corrected chi connectivity index (χ0v) is 12.9. The molecule has 8 heteroatoms. The highest BCUT2D eigenvalue weighted by molar-refractivity contribution is 7.09. The molecule has 1 amide bonds. The van der Waals surface area contributed by atoms with Crippen LogP contribution in [0.2, 0.25) is 0 Å². The molecule has 0 fully saturated rings. The highest BCUT2D eigenvalue weighted by Crippen LogP contribution is 2.32. The van der Waals surface area contributed by atoms with Gasteiger partial charge in [0.15, 0.2) is 11.5 Å². The molecule has 3 rings (SSSR count). The minimum atomic E-state index is -0.936. The smallest absolute Gasteiger partial charge is 0.309 e. The van der Waals surface area contributed by atoms with Gasteiger partial charge in [-0.3, -0.25) is 9.59 Å². The van der Waals surface area contributed by atoms with Crippen LogP contribution in [-0.2, 0) is 29.0 Å². The second-order valence-corrected chi connectivity index (χ2v) is 5.89. The number of carboxylic acids is 1. The molecule has 1 aromatic heterocycles. The van der Waals surface area contributed by atoms with Gasteiger partial charge in [0.2, 0.25) is 12.7 Å². The van der Waals surface area contributed by atoms with Crippen LogP contribution in [0.25, 0.3) is 0 Å². The number of hydrogen-bond acceptors (Lipinski definition) is 6. The quantitative estimate of drug-likeness (QED) is 0.828. The fourth-order valence-electron chi connectivity index (χ4n) is 2.12. The van der Waals surface area contributed by atoms with E-state index in [0.29, 0.717) is 28.7 Å². The average molecular weight is 334 g/mol. The summed E-state index contributed by atoms with van der Waals surface area (Å²) in [5.41, 5.74) is 1.38. The first-order valence-electron chi connectivity index (χ1n) is 6.90. The van der Waals surface area contributed by atoms with E-state index in [0.717, 1.165) is 5.56 Å². The van der Waals surface area contributed by atoms with E-state index in [2.05, 4.69) is 10.3 Å². The molecule has 1 aromatic carbocycles.